The van der Waals surface area contributed by atoms with Gasteiger partial charge in [0.15, 0.2) is 0 Å². The molecule has 1 heterocycles. The van der Waals surface area contributed by atoms with E-state index in [-0.39, 0.29) is 23.6 Å². The summed E-state index contributed by atoms with van der Waals surface area (Å²) in [4.78, 5) is 26.5. The molecule has 0 saturated heterocycles. The second kappa shape index (κ2) is 6.47. The van der Waals surface area contributed by atoms with Crippen LogP contribution in [0, 0.1) is 5.92 Å². The fraction of sp³-hybridized carbons (Fsp3) is 0.500. The van der Waals surface area contributed by atoms with E-state index in [0.717, 1.165) is 31.2 Å². The molecule has 1 aliphatic carbocycles. The Bertz CT molecular complexity index is 487. The maximum atomic E-state index is 12.0. The summed E-state index contributed by atoms with van der Waals surface area (Å²) in [5, 5.41) is 11.6. The minimum absolute atomic E-state index is 0.00155. The number of nitrogens with zero attached hydrogens (tertiary/aromatic N) is 1. The predicted molar refractivity (Wildman–Crippen MR) is 73.0 cm³/mol. The van der Waals surface area contributed by atoms with Crippen molar-refractivity contribution in [2.45, 2.75) is 38.3 Å². The molecule has 1 fully saturated rings. The van der Waals surface area contributed by atoms with Gasteiger partial charge in [0.05, 0.1) is 0 Å². The summed E-state index contributed by atoms with van der Waals surface area (Å²) in [7, 11) is 0. The van der Waals surface area contributed by atoms with Gasteiger partial charge in [-0.1, -0.05) is 12.5 Å². The SMILES string of the molecule is NC1CCCC(C(=O)NCc2ccc(C(=O)O)nc2)C1. The zero-order valence-electron chi connectivity index (χ0n) is 11.2. The van der Waals surface area contributed by atoms with E-state index >= 15 is 0 Å². The van der Waals surface area contributed by atoms with Crippen molar-refractivity contribution in [2.75, 3.05) is 0 Å². The third-order valence-corrected chi connectivity index (χ3v) is 3.60. The smallest absolute Gasteiger partial charge is 0.354 e. The van der Waals surface area contributed by atoms with Crippen LogP contribution in [0.5, 0.6) is 0 Å². The summed E-state index contributed by atoms with van der Waals surface area (Å²) in [5.41, 5.74) is 6.65. The molecule has 2 rings (SSSR count). The second-order valence-corrected chi connectivity index (χ2v) is 5.20. The minimum atomic E-state index is -1.06. The van der Waals surface area contributed by atoms with Crippen molar-refractivity contribution >= 4 is 11.9 Å². The zero-order valence-corrected chi connectivity index (χ0v) is 11.2. The topological polar surface area (TPSA) is 105 Å². The third kappa shape index (κ3) is 3.77. The molecule has 0 radical (unpaired) electrons. The van der Waals surface area contributed by atoms with Crippen LogP contribution >= 0.6 is 0 Å². The monoisotopic (exact) mass is 277 g/mol. The zero-order chi connectivity index (χ0) is 14.5. The maximum absolute atomic E-state index is 12.0. The van der Waals surface area contributed by atoms with Gasteiger partial charge in [-0.2, -0.15) is 0 Å². The molecule has 1 aromatic heterocycles. The molecule has 2 unspecified atom stereocenters. The van der Waals surface area contributed by atoms with Crippen LogP contribution in [0.2, 0.25) is 0 Å². The van der Waals surface area contributed by atoms with Gasteiger partial charge < -0.3 is 16.2 Å². The van der Waals surface area contributed by atoms with E-state index in [9.17, 15) is 9.59 Å². The van der Waals surface area contributed by atoms with Crippen molar-refractivity contribution in [2.24, 2.45) is 11.7 Å². The first-order valence-electron chi connectivity index (χ1n) is 6.78. The number of aromatic carboxylic acids is 1. The number of amides is 1. The molecule has 1 saturated carbocycles. The number of hydrogen-bond donors (Lipinski definition) is 3. The van der Waals surface area contributed by atoms with Crippen molar-refractivity contribution in [3.8, 4) is 0 Å². The Morgan fingerprint density at radius 1 is 1.40 bits per heavy atom. The normalized spacial score (nSPS) is 22.2. The molecular weight excluding hydrogens is 258 g/mol. The fourth-order valence-electron chi connectivity index (χ4n) is 2.45. The molecule has 0 aliphatic heterocycles. The Morgan fingerprint density at radius 3 is 2.80 bits per heavy atom. The van der Waals surface area contributed by atoms with Crippen molar-refractivity contribution in [3.63, 3.8) is 0 Å². The average Bonchev–Trinajstić information content (AvgIpc) is 2.45. The van der Waals surface area contributed by atoms with Crippen LogP contribution in [-0.4, -0.2) is 28.0 Å². The largest absolute Gasteiger partial charge is 0.477 e. The van der Waals surface area contributed by atoms with Gasteiger partial charge in [-0.15, -0.1) is 0 Å². The number of carboxylic acid groups (broad SMARTS) is 1. The van der Waals surface area contributed by atoms with E-state index in [1.807, 2.05) is 0 Å². The Balaban J connectivity index is 1.85. The Morgan fingerprint density at radius 2 is 2.20 bits per heavy atom. The van der Waals surface area contributed by atoms with Gasteiger partial charge in [-0.05, 0) is 30.9 Å². The molecule has 2 atom stereocenters. The predicted octanol–water partition coefficient (Wildman–Crippen LogP) is 0.913. The lowest BCUT2D eigenvalue weighted by atomic mass is 9.85. The van der Waals surface area contributed by atoms with Crippen LogP contribution in [-0.2, 0) is 11.3 Å². The van der Waals surface area contributed by atoms with Crippen LogP contribution in [0.3, 0.4) is 0 Å². The summed E-state index contributed by atoms with van der Waals surface area (Å²) in [5.74, 6) is -1.05. The Kier molecular flexibility index (Phi) is 4.68. The molecule has 1 amide bonds. The third-order valence-electron chi connectivity index (χ3n) is 3.60. The van der Waals surface area contributed by atoms with Crippen molar-refractivity contribution < 1.29 is 14.7 Å². The van der Waals surface area contributed by atoms with Crippen LogP contribution in [0.1, 0.15) is 41.7 Å². The van der Waals surface area contributed by atoms with E-state index in [4.69, 9.17) is 10.8 Å². The van der Waals surface area contributed by atoms with Crippen molar-refractivity contribution in [3.05, 3.63) is 29.6 Å². The molecule has 0 spiro atoms. The molecular formula is C14H19N3O3. The molecule has 6 heteroatoms. The molecule has 108 valence electrons. The lowest BCUT2D eigenvalue weighted by Crippen LogP contribution is -2.37. The maximum Gasteiger partial charge on any atom is 0.354 e. The second-order valence-electron chi connectivity index (χ2n) is 5.20. The van der Waals surface area contributed by atoms with Crippen molar-refractivity contribution in [1.82, 2.24) is 10.3 Å². The number of nitrogens with two attached hydrogens (primary N) is 1. The summed E-state index contributed by atoms with van der Waals surface area (Å²) in [6.45, 7) is 0.359. The van der Waals surface area contributed by atoms with Crippen LogP contribution in [0.25, 0.3) is 0 Å². The number of pyridine rings is 1. The van der Waals surface area contributed by atoms with Crippen molar-refractivity contribution in [1.29, 1.82) is 0 Å². The van der Waals surface area contributed by atoms with Gasteiger partial charge in [0.25, 0.3) is 0 Å². The molecule has 20 heavy (non-hydrogen) atoms. The molecule has 6 nitrogen and oxygen atoms in total. The van der Waals surface area contributed by atoms with E-state index in [1.165, 1.54) is 12.3 Å². The molecule has 0 aromatic carbocycles. The Labute approximate surface area is 117 Å². The first-order chi connectivity index (χ1) is 9.56. The highest BCUT2D eigenvalue weighted by molar-refractivity contribution is 5.85. The Hall–Kier alpha value is -1.95. The lowest BCUT2D eigenvalue weighted by molar-refractivity contribution is -0.126. The number of carbonyl (C=O) groups is 2. The number of carboxylic acids is 1. The van der Waals surface area contributed by atoms with Gasteiger partial charge in [-0.3, -0.25) is 4.79 Å². The van der Waals surface area contributed by atoms with E-state index in [1.54, 1.807) is 6.07 Å². The summed E-state index contributed by atoms with van der Waals surface area (Å²) in [6.07, 6.45) is 5.08. The van der Waals surface area contributed by atoms with Crippen LogP contribution in [0.15, 0.2) is 18.3 Å². The highest BCUT2D eigenvalue weighted by Crippen LogP contribution is 2.23. The first-order valence-corrected chi connectivity index (χ1v) is 6.78. The van der Waals surface area contributed by atoms with E-state index < -0.39 is 5.97 Å². The van der Waals surface area contributed by atoms with Gasteiger partial charge in [0.2, 0.25) is 5.91 Å². The molecule has 4 N–H and O–H groups in total. The average molecular weight is 277 g/mol. The summed E-state index contributed by atoms with van der Waals surface area (Å²) in [6, 6.07) is 3.21. The number of rotatable bonds is 4. The summed E-state index contributed by atoms with van der Waals surface area (Å²) >= 11 is 0. The lowest BCUT2D eigenvalue weighted by Gasteiger charge is -2.25. The van der Waals surface area contributed by atoms with Gasteiger partial charge in [-0.25, -0.2) is 9.78 Å². The number of carbonyl (C=O) groups excluding carboxylic acids is 1. The first kappa shape index (κ1) is 14.5. The highest BCUT2D eigenvalue weighted by Gasteiger charge is 2.24. The van der Waals surface area contributed by atoms with Gasteiger partial charge >= 0.3 is 5.97 Å². The van der Waals surface area contributed by atoms with Gasteiger partial charge in [0.1, 0.15) is 5.69 Å². The number of nitrogens with one attached hydrogen (secondary N) is 1. The molecule has 1 aliphatic rings. The van der Waals surface area contributed by atoms with Gasteiger partial charge in [0, 0.05) is 24.7 Å². The quantitative estimate of drug-likeness (QED) is 0.758. The molecule has 0 bridgehead atoms. The minimum Gasteiger partial charge on any atom is -0.477 e. The van der Waals surface area contributed by atoms with Crippen LogP contribution < -0.4 is 11.1 Å². The highest BCUT2D eigenvalue weighted by atomic mass is 16.4. The standard InChI is InChI=1S/C14H19N3O3/c15-11-3-1-2-10(6-11)13(18)17-8-9-4-5-12(14(19)20)16-7-9/h4-5,7,10-11H,1-3,6,8,15H2,(H,17,18)(H,19,20). The summed E-state index contributed by atoms with van der Waals surface area (Å²) < 4.78 is 0. The molecule has 1 aromatic rings. The number of hydrogen-bond acceptors (Lipinski definition) is 4. The van der Waals surface area contributed by atoms with E-state index in [0.29, 0.717) is 6.54 Å². The van der Waals surface area contributed by atoms with E-state index in [2.05, 4.69) is 10.3 Å². The number of aromatic nitrogens is 1. The fourth-order valence-corrected chi connectivity index (χ4v) is 2.45. The van der Waals surface area contributed by atoms with Crippen LogP contribution in [0.4, 0.5) is 0 Å².